The third kappa shape index (κ3) is 17.9. The minimum absolute atomic E-state index is 0. The zero-order chi connectivity index (χ0) is 26.1. The molecule has 0 fully saturated rings. The summed E-state index contributed by atoms with van der Waals surface area (Å²) in [6, 6.07) is 28.4. The number of carbonyl (C=O) groups excluding carboxylic acids is 1. The number of hydrogen-bond acceptors (Lipinski definition) is 5. The van der Waals surface area contributed by atoms with Gasteiger partial charge in [-0.05, 0) is 80.4 Å². The zero-order valence-electron chi connectivity index (χ0n) is 20.8. The van der Waals surface area contributed by atoms with Crippen molar-refractivity contribution in [1.82, 2.24) is 0 Å². The molecule has 186 valence electrons. The Morgan fingerprint density at radius 2 is 1.24 bits per heavy atom. The van der Waals surface area contributed by atoms with E-state index in [1.54, 1.807) is 36.4 Å². The quantitative estimate of drug-likeness (QED) is 0.115. The molecule has 37 heavy (non-hydrogen) atoms. The Kier molecular flexibility index (Phi) is 26.3. The van der Waals surface area contributed by atoms with Crippen molar-refractivity contribution >= 4 is 61.5 Å². The van der Waals surface area contributed by atoms with E-state index in [9.17, 15) is 4.39 Å². The summed E-state index contributed by atoms with van der Waals surface area (Å²) >= 11 is 17.9. The maximum atomic E-state index is 12.4. The minimum Gasteiger partial charge on any atom is -1.00 e. The van der Waals surface area contributed by atoms with Crippen LogP contribution in [0.3, 0.4) is 0 Å². The van der Waals surface area contributed by atoms with Crippen molar-refractivity contribution in [3.63, 3.8) is 0 Å². The molecule has 0 saturated heterocycles. The van der Waals surface area contributed by atoms with Crippen LogP contribution in [-0.2, 0) is 9.68 Å². The van der Waals surface area contributed by atoms with E-state index >= 15 is 0 Å². The van der Waals surface area contributed by atoms with Gasteiger partial charge in [-0.25, -0.2) is 4.39 Å². The van der Waals surface area contributed by atoms with Crippen LogP contribution in [0.5, 0.6) is 17.2 Å². The second kappa shape index (κ2) is 24.4. The van der Waals surface area contributed by atoms with Gasteiger partial charge in [-0.2, -0.15) is 0 Å². The Balaban J connectivity index is -0.000000462. The summed E-state index contributed by atoms with van der Waals surface area (Å²) in [5.41, 5.74) is 0. The topological polar surface area (TPSA) is 78.8 Å². The maximum absolute atomic E-state index is 12.4. The Labute approximate surface area is 328 Å². The smallest absolute Gasteiger partial charge is 1.00 e. The number of benzene rings is 4. The molecule has 0 unspecified atom stereocenters. The Morgan fingerprint density at radius 3 is 1.65 bits per heavy atom. The molecule has 4 aromatic rings. The fourth-order valence-corrected chi connectivity index (χ4v) is 3.06. The number of ether oxygens (including phenoxy) is 1. The van der Waals surface area contributed by atoms with Gasteiger partial charge in [0.1, 0.15) is 23.1 Å². The first-order chi connectivity index (χ1) is 16.8. The molecule has 0 bridgehead atoms. The van der Waals surface area contributed by atoms with Gasteiger partial charge in [0.15, 0.2) is 0 Å². The predicted molar refractivity (Wildman–Crippen MR) is 141 cm³/mol. The summed E-state index contributed by atoms with van der Waals surface area (Å²) in [6.07, 6.45) is 0. The van der Waals surface area contributed by atoms with E-state index < -0.39 is 5.82 Å². The predicted octanol–water partition coefficient (Wildman–Crippen LogP) is 2.08. The minimum atomic E-state index is -0.397. The summed E-state index contributed by atoms with van der Waals surface area (Å²) in [6.45, 7) is -0.181. The van der Waals surface area contributed by atoms with E-state index in [1.807, 2.05) is 54.6 Å². The number of para-hydroxylation sites is 2. The van der Waals surface area contributed by atoms with Gasteiger partial charge in [0.05, 0.1) is 10.0 Å². The van der Waals surface area contributed by atoms with Crippen molar-refractivity contribution in [1.29, 1.82) is 0 Å². The summed E-state index contributed by atoms with van der Waals surface area (Å²) < 4.78 is 19.5. The van der Waals surface area contributed by atoms with E-state index in [2.05, 4.69) is 36.7 Å². The zero-order valence-corrected chi connectivity index (χ0v) is 30.7. The normalized spacial score (nSPS) is 8.59. The molecule has 1 N–H and O–H groups in total. The van der Waals surface area contributed by atoms with Crippen LogP contribution >= 0.6 is 55.1 Å². The van der Waals surface area contributed by atoms with Crippen molar-refractivity contribution in [2.45, 2.75) is 0 Å². The first-order valence-electron chi connectivity index (χ1n) is 9.52. The van der Waals surface area contributed by atoms with E-state index in [0.29, 0.717) is 21.0 Å². The van der Waals surface area contributed by atoms with Crippen molar-refractivity contribution < 1.29 is 133 Å². The van der Waals surface area contributed by atoms with Crippen molar-refractivity contribution in [2.75, 3.05) is 0 Å². The van der Waals surface area contributed by atoms with Gasteiger partial charge in [0.2, 0.25) is 0 Å². The van der Waals surface area contributed by atoms with E-state index in [-0.39, 0.29) is 116 Å². The molecule has 4 rings (SSSR count). The molecule has 0 heterocycles. The van der Waals surface area contributed by atoms with Crippen LogP contribution in [0.15, 0.2) is 106 Å². The second-order valence-electron chi connectivity index (χ2n) is 6.03. The van der Waals surface area contributed by atoms with Crippen molar-refractivity contribution in [3.8, 4) is 17.2 Å². The molecule has 0 aliphatic carbocycles. The summed E-state index contributed by atoms with van der Waals surface area (Å²) in [7, 11) is 0. The fraction of sp³-hybridized carbons (Fsp3) is 0. The van der Waals surface area contributed by atoms with Crippen LogP contribution < -0.4 is 113 Å². The number of phenols is 1. The maximum Gasteiger partial charge on any atom is 1.00 e. The van der Waals surface area contributed by atoms with Crippen molar-refractivity contribution in [3.05, 3.63) is 122 Å². The summed E-state index contributed by atoms with van der Waals surface area (Å²) in [4.78, 5) is 11.2. The molecule has 5 nitrogen and oxygen atoms in total. The van der Waals surface area contributed by atoms with E-state index in [0.717, 1.165) is 10.2 Å². The van der Waals surface area contributed by atoms with Crippen LogP contribution in [-0.4, -0.2) is 11.6 Å². The molecule has 0 spiro atoms. The van der Waals surface area contributed by atoms with Crippen LogP contribution in [0, 0.1) is 5.82 Å². The first-order valence-corrected chi connectivity index (χ1v) is 11.9. The third-order valence-electron chi connectivity index (χ3n) is 3.59. The fourth-order valence-electron chi connectivity index (χ4n) is 2.08. The van der Waals surface area contributed by atoms with E-state index in [4.69, 9.17) is 43.1 Å². The Bertz CT molecular complexity index is 1150. The SMILES string of the molecule is Clc1c(Br)cccc1Oc1ccccc1.Fc1cccc(Br)c1Cl.O=CO[O-].Oc1ccccc1.[H-].[K+].[K+]. The van der Waals surface area contributed by atoms with Gasteiger partial charge in [-0.15, -0.1) is 0 Å². The average Bonchev–Trinajstić information content (AvgIpc) is 2.87. The number of phenolic OH excluding ortho intramolecular Hbond substituents is 1. The number of rotatable bonds is 3. The summed E-state index contributed by atoms with van der Waals surface area (Å²) in [5, 5.41) is 17.8. The number of carbonyl (C=O) groups is 1. The largest absolute Gasteiger partial charge is 1.00 e. The number of halogens is 5. The van der Waals surface area contributed by atoms with Crippen LogP contribution in [0.25, 0.3) is 0 Å². The summed E-state index contributed by atoms with van der Waals surface area (Å²) in [5.74, 6) is 1.35. The molecule has 0 saturated carbocycles. The molecule has 0 aliphatic rings. The van der Waals surface area contributed by atoms with Gasteiger partial charge in [-0.1, -0.05) is 71.7 Å². The molecular weight excluding hydrogens is 708 g/mol. The molecular formula is C25H19Br2Cl2FK2O5. The second-order valence-corrected chi connectivity index (χ2v) is 8.50. The molecule has 0 radical (unpaired) electrons. The van der Waals surface area contributed by atoms with Gasteiger partial charge in [-0.3, -0.25) is 4.79 Å². The average molecular weight is 727 g/mol. The molecule has 0 atom stereocenters. The van der Waals surface area contributed by atoms with Crippen LogP contribution in [0.2, 0.25) is 10.0 Å². The molecule has 0 aromatic heterocycles. The van der Waals surface area contributed by atoms with E-state index in [1.165, 1.54) is 6.07 Å². The molecule has 12 heteroatoms. The third-order valence-corrected chi connectivity index (χ3v) is 6.14. The van der Waals surface area contributed by atoms with Crippen LogP contribution in [0.1, 0.15) is 1.43 Å². The van der Waals surface area contributed by atoms with Gasteiger partial charge in [0, 0.05) is 8.95 Å². The Hall–Kier alpha value is 0.653. The number of hydrogen-bond donors (Lipinski definition) is 1. The molecule has 4 aromatic carbocycles. The van der Waals surface area contributed by atoms with Crippen LogP contribution in [0.4, 0.5) is 4.39 Å². The van der Waals surface area contributed by atoms with Gasteiger partial charge < -0.3 is 21.4 Å². The monoisotopic (exact) mass is 724 g/mol. The number of aromatic hydroxyl groups is 1. The first kappa shape index (κ1) is 39.8. The van der Waals surface area contributed by atoms with Gasteiger partial charge >= 0.3 is 103 Å². The standard InChI is InChI=1S/C12H8BrClO.C6H3BrClF.C6H6O.CH2O3.2K.H/c13-10-7-4-8-11(12(10)14)15-9-5-2-1-3-6-9;7-4-2-1-3-5(9)6(4)8;7-6-4-2-1-3-5-6;2-1-4-3;;;/h1-8H;1-3H;1-5,7H;1,3H;;;/q;;;;2*+1;-1/p-1. The molecule has 0 aliphatic heterocycles. The Morgan fingerprint density at radius 1 is 0.784 bits per heavy atom. The molecule has 0 amide bonds. The van der Waals surface area contributed by atoms with Crippen molar-refractivity contribution in [2.24, 2.45) is 0 Å². The van der Waals surface area contributed by atoms with Gasteiger partial charge in [0.25, 0.3) is 6.47 Å².